The molecule has 1 aliphatic heterocycles. The number of carbonyl (C=O) groups is 2. The molecular weight excluding hydrogens is 298 g/mol. The summed E-state index contributed by atoms with van der Waals surface area (Å²) in [5.41, 5.74) is 0. The third kappa shape index (κ3) is 3.53. The maximum Gasteiger partial charge on any atom is 0.305 e. The van der Waals surface area contributed by atoms with Crippen molar-refractivity contribution in [3.8, 4) is 11.7 Å². The Balaban J connectivity index is 1.69. The number of amides is 1. The fourth-order valence-corrected chi connectivity index (χ4v) is 2.75. The van der Waals surface area contributed by atoms with Gasteiger partial charge in [0, 0.05) is 18.7 Å². The van der Waals surface area contributed by atoms with Crippen molar-refractivity contribution in [3.63, 3.8) is 0 Å². The first kappa shape index (κ1) is 15.1. The number of carboxylic acids is 1. The van der Waals surface area contributed by atoms with Crippen LogP contribution in [0.2, 0.25) is 0 Å². The van der Waals surface area contributed by atoms with E-state index in [2.05, 4.69) is 0 Å². The van der Waals surface area contributed by atoms with Crippen molar-refractivity contribution in [2.24, 2.45) is 0 Å². The molecule has 1 fully saturated rings. The van der Waals surface area contributed by atoms with Crippen molar-refractivity contribution >= 4 is 11.9 Å². The molecule has 6 nitrogen and oxygen atoms in total. The first-order chi connectivity index (χ1) is 11.1. The molecule has 1 aromatic carbocycles. The molecule has 3 rings (SSSR count). The van der Waals surface area contributed by atoms with E-state index in [9.17, 15) is 9.59 Å². The molecule has 2 aromatic rings. The number of ether oxygens (including phenoxy) is 1. The van der Waals surface area contributed by atoms with E-state index in [4.69, 9.17) is 14.3 Å². The van der Waals surface area contributed by atoms with Crippen LogP contribution in [0, 0.1) is 0 Å². The Labute approximate surface area is 133 Å². The van der Waals surface area contributed by atoms with Crippen molar-refractivity contribution in [3.05, 3.63) is 48.2 Å². The lowest BCUT2D eigenvalue weighted by molar-refractivity contribution is -0.137. The second-order valence-corrected chi connectivity index (χ2v) is 5.43. The normalized spacial score (nSPS) is 17.2. The van der Waals surface area contributed by atoms with E-state index >= 15 is 0 Å². The minimum atomic E-state index is -0.901. The molecule has 2 heterocycles. The molecule has 120 valence electrons. The molecule has 0 spiro atoms. The van der Waals surface area contributed by atoms with Crippen LogP contribution in [-0.4, -0.2) is 34.5 Å². The van der Waals surface area contributed by atoms with Gasteiger partial charge in [0.25, 0.3) is 11.9 Å². The van der Waals surface area contributed by atoms with Crippen molar-refractivity contribution in [1.29, 1.82) is 0 Å². The largest absolute Gasteiger partial charge is 0.481 e. The number of hydrogen-bond acceptors (Lipinski definition) is 4. The van der Waals surface area contributed by atoms with Gasteiger partial charge in [0.2, 0.25) is 0 Å². The molecule has 1 aromatic heterocycles. The lowest BCUT2D eigenvalue weighted by atomic mass is 10.1. The SMILES string of the molecule is O=C(O)CC1CCCN1C(=O)c1ccc(Oc2ccccc2)o1. The van der Waals surface area contributed by atoms with E-state index in [1.54, 1.807) is 29.2 Å². The van der Waals surface area contributed by atoms with E-state index in [0.717, 1.165) is 6.42 Å². The zero-order valence-corrected chi connectivity index (χ0v) is 12.5. The number of rotatable bonds is 5. The molecule has 6 heteroatoms. The van der Waals surface area contributed by atoms with Crippen molar-refractivity contribution < 1.29 is 23.8 Å². The number of nitrogens with zero attached hydrogens (tertiary/aromatic N) is 1. The number of para-hydroxylation sites is 1. The van der Waals surface area contributed by atoms with Crippen LogP contribution in [0.25, 0.3) is 0 Å². The number of furan rings is 1. The number of benzene rings is 1. The topological polar surface area (TPSA) is 80.0 Å². The smallest absolute Gasteiger partial charge is 0.305 e. The summed E-state index contributed by atoms with van der Waals surface area (Å²) in [6, 6.07) is 12.0. The Morgan fingerprint density at radius 2 is 2.00 bits per heavy atom. The Kier molecular flexibility index (Phi) is 4.32. The van der Waals surface area contributed by atoms with Gasteiger partial charge in [-0.25, -0.2) is 0 Å². The minimum absolute atomic E-state index is 0.0418. The van der Waals surface area contributed by atoms with E-state index in [-0.39, 0.29) is 30.1 Å². The first-order valence-corrected chi connectivity index (χ1v) is 7.49. The molecule has 1 atom stereocenters. The summed E-state index contributed by atoms with van der Waals surface area (Å²) in [6.45, 7) is 0.548. The summed E-state index contributed by atoms with van der Waals surface area (Å²) in [5.74, 6) is -0.188. The zero-order chi connectivity index (χ0) is 16.2. The lowest BCUT2D eigenvalue weighted by Gasteiger charge is -2.22. The van der Waals surface area contributed by atoms with E-state index in [1.165, 1.54) is 0 Å². The predicted molar refractivity (Wildman–Crippen MR) is 81.5 cm³/mol. The van der Waals surface area contributed by atoms with Gasteiger partial charge in [0.15, 0.2) is 5.76 Å². The van der Waals surface area contributed by atoms with Crippen molar-refractivity contribution in [2.45, 2.75) is 25.3 Å². The predicted octanol–water partition coefficient (Wildman–Crippen LogP) is 3.15. The van der Waals surface area contributed by atoms with Gasteiger partial charge in [-0.05, 0) is 31.0 Å². The van der Waals surface area contributed by atoms with E-state index < -0.39 is 5.97 Å². The van der Waals surface area contributed by atoms with Gasteiger partial charge in [0.1, 0.15) is 5.75 Å². The van der Waals surface area contributed by atoms with Crippen LogP contribution < -0.4 is 4.74 Å². The van der Waals surface area contributed by atoms with Gasteiger partial charge in [-0.3, -0.25) is 9.59 Å². The van der Waals surface area contributed by atoms with Crippen LogP contribution in [0.1, 0.15) is 29.8 Å². The van der Waals surface area contributed by atoms with Gasteiger partial charge in [-0.1, -0.05) is 18.2 Å². The van der Waals surface area contributed by atoms with Crippen LogP contribution in [0.5, 0.6) is 11.7 Å². The molecular formula is C17H17NO5. The number of likely N-dealkylation sites (tertiary alicyclic amines) is 1. The molecule has 1 amide bonds. The number of carbonyl (C=O) groups excluding carboxylic acids is 1. The van der Waals surface area contributed by atoms with Crippen molar-refractivity contribution in [1.82, 2.24) is 4.90 Å². The average Bonchev–Trinajstić information content (AvgIpc) is 3.17. The molecule has 1 aliphatic rings. The Morgan fingerprint density at radius 3 is 2.74 bits per heavy atom. The van der Waals surface area contributed by atoms with Crippen LogP contribution in [0.4, 0.5) is 0 Å². The third-order valence-electron chi connectivity index (χ3n) is 3.80. The third-order valence-corrected chi connectivity index (χ3v) is 3.80. The van der Waals surface area contributed by atoms with Gasteiger partial charge < -0.3 is 19.2 Å². The fraction of sp³-hybridized carbons (Fsp3) is 0.294. The minimum Gasteiger partial charge on any atom is -0.481 e. The van der Waals surface area contributed by atoms with Crippen LogP contribution >= 0.6 is 0 Å². The molecule has 1 saturated heterocycles. The maximum absolute atomic E-state index is 12.5. The fourth-order valence-electron chi connectivity index (χ4n) is 2.75. The summed E-state index contributed by atoms with van der Waals surface area (Å²) in [7, 11) is 0. The Hall–Kier alpha value is -2.76. The molecule has 0 bridgehead atoms. The molecule has 0 radical (unpaired) electrons. The highest BCUT2D eigenvalue weighted by atomic mass is 16.6. The number of aliphatic carboxylic acids is 1. The summed E-state index contributed by atoms with van der Waals surface area (Å²) in [5, 5.41) is 8.93. The summed E-state index contributed by atoms with van der Waals surface area (Å²) in [6.07, 6.45) is 1.46. The monoisotopic (exact) mass is 315 g/mol. The second-order valence-electron chi connectivity index (χ2n) is 5.43. The summed E-state index contributed by atoms with van der Waals surface area (Å²) < 4.78 is 11.0. The van der Waals surface area contributed by atoms with E-state index in [0.29, 0.717) is 18.7 Å². The average molecular weight is 315 g/mol. The zero-order valence-electron chi connectivity index (χ0n) is 12.5. The van der Waals surface area contributed by atoms with Crippen LogP contribution in [0.15, 0.2) is 46.9 Å². The first-order valence-electron chi connectivity index (χ1n) is 7.49. The molecule has 23 heavy (non-hydrogen) atoms. The highest BCUT2D eigenvalue weighted by molar-refractivity contribution is 5.92. The maximum atomic E-state index is 12.5. The Bertz CT molecular complexity index is 694. The lowest BCUT2D eigenvalue weighted by Crippen LogP contribution is -2.36. The van der Waals surface area contributed by atoms with Crippen LogP contribution in [-0.2, 0) is 4.79 Å². The number of carboxylic acid groups (broad SMARTS) is 1. The Morgan fingerprint density at radius 1 is 1.22 bits per heavy atom. The van der Waals surface area contributed by atoms with E-state index in [1.807, 2.05) is 18.2 Å². The van der Waals surface area contributed by atoms with Gasteiger partial charge in [-0.15, -0.1) is 0 Å². The highest BCUT2D eigenvalue weighted by Gasteiger charge is 2.32. The summed E-state index contributed by atoms with van der Waals surface area (Å²) in [4.78, 5) is 24.9. The number of hydrogen-bond donors (Lipinski definition) is 1. The van der Waals surface area contributed by atoms with Crippen LogP contribution in [0.3, 0.4) is 0 Å². The second kappa shape index (κ2) is 6.56. The standard InChI is InChI=1S/C17H17NO5/c19-15(20)11-12-5-4-10-18(12)17(21)14-8-9-16(23-14)22-13-6-2-1-3-7-13/h1-3,6-9,12H,4-5,10-11H2,(H,19,20). The molecule has 1 unspecified atom stereocenters. The molecule has 0 saturated carbocycles. The molecule has 1 N–H and O–H groups in total. The van der Waals surface area contributed by atoms with Gasteiger partial charge in [0.05, 0.1) is 6.42 Å². The van der Waals surface area contributed by atoms with Gasteiger partial charge in [-0.2, -0.15) is 0 Å². The molecule has 0 aliphatic carbocycles. The van der Waals surface area contributed by atoms with Gasteiger partial charge >= 0.3 is 5.97 Å². The summed E-state index contributed by atoms with van der Waals surface area (Å²) >= 11 is 0. The van der Waals surface area contributed by atoms with Crippen molar-refractivity contribution in [2.75, 3.05) is 6.54 Å². The highest BCUT2D eigenvalue weighted by Crippen LogP contribution is 2.27. The quantitative estimate of drug-likeness (QED) is 0.916.